The van der Waals surface area contributed by atoms with E-state index in [2.05, 4.69) is 5.32 Å². The number of carboxylic acid groups (broad SMARTS) is 1. The Labute approximate surface area is 82.0 Å². The molecule has 0 spiro atoms. The second-order valence-electron chi connectivity index (χ2n) is 2.57. The van der Waals surface area contributed by atoms with Crippen LogP contribution in [0.4, 0.5) is 0 Å². The number of hydrogen-bond acceptors (Lipinski definition) is 4. The number of nitrogens with one attached hydrogen (secondary N) is 1. The minimum absolute atomic E-state index is 0.0648. The highest BCUT2D eigenvalue weighted by Crippen LogP contribution is 2.07. The summed E-state index contributed by atoms with van der Waals surface area (Å²) in [5.74, 6) is -0.479. The molecule has 0 saturated carbocycles. The molecule has 14 heavy (non-hydrogen) atoms. The number of rotatable bonds is 5. The summed E-state index contributed by atoms with van der Waals surface area (Å²) < 4.78 is 0. The minimum atomic E-state index is -1.89. The Balaban J connectivity index is 4.24. The average Bonchev–Trinajstić information content (AvgIpc) is 2.10. The fourth-order valence-corrected chi connectivity index (χ4v) is 1.31. The number of aliphatic hydroxyl groups excluding tert-OH is 1. The lowest BCUT2D eigenvalue weighted by molar-refractivity contribution is -0.155. The number of amides is 1. The Morgan fingerprint density at radius 3 is 2.57 bits per heavy atom. The molecule has 3 N–H and O–H groups in total. The summed E-state index contributed by atoms with van der Waals surface area (Å²) in [6, 6.07) is -1.09. The van der Waals surface area contributed by atoms with E-state index in [0.29, 0.717) is 0 Å². The highest BCUT2D eigenvalue weighted by molar-refractivity contribution is 7.49. The first-order chi connectivity index (χ1) is 6.47. The van der Waals surface area contributed by atoms with E-state index in [1.165, 1.54) is 12.7 Å². The molecule has 0 aliphatic carbocycles. The first-order valence-electron chi connectivity index (χ1n) is 3.85. The number of aliphatic hydroxyl groups is 1. The van der Waals surface area contributed by atoms with Crippen molar-refractivity contribution in [2.24, 2.45) is 0 Å². The lowest BCUT2D eigenvalue weighted by Gasteiger charge is -2.09. The molecule has 0 saturated heterocycles. The van der Waals surface area contributed by atoms with Gasteiger partial charge in [0.25, 0.3) is 0 Å². The Morgan fingerprint density at radius 1 is 1.64 bits per heavy atom. The molecule has 0 fully saturated rings. The average molecular weight is 221 g/mol. The highest BCUT2D eigenvalue weighted by Gasteiger charge is 2.17. The van der Waals surface area contributed by atoms with Crippen molar-refractivity contribution in [2.45, 2.75) is 19.4 Å². The third-order valence-electron chi connectivity index (χ3n) is 1.36. The van der Waals surface area contributed by atoms with Crippen molar-refractivity contribution in [2.75, 3.05) is 6.35 Å². The van der Waals surface area contributed by atoms with Gasteiger partial charge >= 0.3 is 5.97 Å². The highest BCUT2D eigenvalue weighted by atomic mass is 31.1. The molecule has 2 atom stereocenters. The zero-order valence-corrected chi connectivity index (χ0v) is 8.53. The number of hydrogen-bond donors (Lipinski definition) is 3. The third kappa shape index (κ3) is 5.64. The van der Waals surface area contributed by atoms with Gasteiger partial charge in [-0.15, -0.1) is 0 Å². The molecule has 6 nitrogen and oxygen atoms in total. The molecule has 0 rings (SSSR count). The Kier molecular flexibility index (Phi) is 6.03. The van der Waals surface area contributed by atoms with Crippen molar-refractivity contribution in [3.63, 3.8) is 0 Å². The van der Waals surface area contributed by atoms with Crippen molar-refractivity contribution in [1.82, 2.24) is 5.32 Å². The van der Waals surface area contributed by atoms with E-state index in [1.807, 2.05) is 0 Å². The fourth-order valence-electron chi connectivity index (χ4n) is 0.748. The third-order valence-corrected chi connectivity index (χ3v) is 2.26. The van der Waals surface area contributed by atoms with E-state index in [-0.39, 0.29) is 6.42 Å². The van der Waals surface area contributed by atoms with Crippen molar-refractivity contribution in [3.8, 4) is 0 Å². The van der Waals surface area contributed by atoms with Gasteiger partial charge in [0.05, 0.1) is 13.6 Å². The Hall–Kier alpha value is -0.970. The van der Waals surface area contributed by atoms with Crippen LogP contribution in [0.1, 0.15) is 13.3 Å². The molecule has 0 aromatic carbocycles. The maximum Gasteiger partial charge on any atom is 0.326 e. The second-order valence-corrected chi connectivity index (χ2v) is 4.05. The van der Waals surface area contributed by atoms with Gasteiger partial charge in [0, 0.05) is 13.3 Å². The number of carbonyl (C=O) groups is 2. The molecular formula is C7H12NO5P. The molecule has 0 aromatic rings. The quantitative estimate of drug-likeness (QED) is 0.488. The van der Waals surface area contributed by atoms with Crippen LogP contribution in [0, 0.1) is 0 Å². The summed E-state index contributed by atoms with van der Waals surface area (Å²) in [5.41, 5.74) is 0. The van der Waals surface area contributed by atoms with Crippen LogP contribution in [-0.4, -0.2) is 40.3 Å². The molecule has 0 heterocycles. The standard InChI is InChI=1S/C7H12NO5P/c1-5(10)8-6(7(11)12)2-3-14(13)4-9/h3,6,9H,2,4H2,1H3,(H,8,10)(H,11,12)/t6-/m1/s1. The predicted octanol–water partition coefficient (Wildman–Crippen LogP) is -1.52. The first-order valence-corrected chi connectivity index (χ1v) is 5.36. The monoisotopic (exact) mass is 221 g/mol. The summed E-state index contributed by atoms with van der Waals surface area (Å²) in [6.45, 7) is 1.20. The van der Waals surface area contributed by atoms with Gasteiger partial charge in [-0.05, 0) is 0 Å². The van der Waals surface area contributed by atoms with Crippen molar-refractivity contribution >= 4 is 25.4 Å². The number of aliphatic carboxylic acids is 1. The smallest absolute Gasteiger partial charge is 0.326 e. The van der Waals surface area contributed by atoms with Crippen molar-refractivity contribution in [3.05, 3.63) is 0 Å². The summed E-state index contributed by atoms with van der Waals surface area (Å²) >= 11 is 0. The molecule has 1 unspecified atom stereocenters. The minimum Gasteiger partial charge on any atom is -0.629 e. The van der Waals surface area contributed by atoms with Gasteiger partial charge in [-0.25, -0.2) is 4.79 Å². The Morgan fingerprint density at radius 2 is 2.21 bits per heavy atom. The SMILES string of the molecule is CC(=O)N[C@H](CC=[P+]([O-])CO)C(=O)O. The summed E-state index contributed by atoms with van der Waals surface area (Å²) in [5, 5.41) is 19.2. The molecule has 0 aliphatic rings. The van der Waals surface area contributed by atoms with Crippen LogP contribution in [0.3, 0.4) is 0 Å². The maximum absolute atomic E-state index is 10.8. The molecule has 0 aromatic heterocycles. The normalized spacial score (nSPS) is 13.5. The van der Waals surface area contributed by atoms with Crippen molar-refractivity contribution < 1.29 is 24.7 Å². The van der Waals surface area contributed by atoms with Crippen LogP contribution >= 0.6 is 7.77 Å². The van der Waals surface area contributed by atoms with Gasteiger partial charge in [-0.2, -0.15) is 0 Å². The largest absolute Gasteiger partial charge is 0.629 e. The topological polar surface area (TPSA) is 110 Å². The van der Waals surface area contributed by atoms with Crippen LogP contribution < -0.4 is 10.2 Å². The van der Waals surface area contributed by atoms with Crippen LogP contribution in [0.2, 0.25) is 0 Å². The van der Waals surface area contributed by atoms with Crippen molar-refractivity contribution in [1.29, 1.82) is 0 Å². The fraction of sp³-hybridized carbons (Fsp3) is 0.571. The summed E-state index contributed by atoms with van der Waals surface area (Å²) in [7, 11) is -1.89. The van der Waals surface area contributed by atoms with E-state index in [0.717, 1.165) is 0 Å². The molecule has 80 valence electrons. The van der Waals surface area contributed by atoms with E-state index in [4.69, 9.17) is 10.2 Å². The number of carbonyl (C=O) groups excluding carboxylic acids is 1. The van der Waals surface area contributed by atoms with Crippen LogP contribution in [0.15, 0.2) is 0 Å². The van der Waals surface area contributed by atoms with Gasteiger partial charge in [0.2, 0.25) is 5.91 Å². The zero-order valence-electron chi connectivity index (χ0n) is 7.64. The van der Waals surface area contributed by atoms with Gasteiger partial charge in [0.1, 0.15) is 6.04 Å². The van der Waals surface area contributed by atoms with E-state index in [9.17, 15) is 14.5 Å². The molecule has 0 radical (unpaired) electrons. The Bertz CT molecular complexity index is 252. The molecule has 0 bridgehead atoms. The first kappa shape index (κ1) is 13.0. The van der Waals surface area contributed by atoms with E-state index in [1.54, 1.807) is 0 Å². The van der Waals surface area contributed by atoms with E-state index < -0.39 is 32.0 Å². The van der Waals surface area contributed by atoms with Crippen LogP contribution in [-0.2, 0) is 9.59 Å². The van der Waals surface area contributed by atoms with Crippen LogP contribution in [0.5, 0.6) is 0 Å². The number of carboxylic acids is 1. The molecule has 0 aliphatic heterocycles. The molecular weight excluding hydrogens is 209 g/mol. The second kappa shape index (κ2) is 6.48. The summed E-state index contributed by atoms with van der Waals surface area (Å²) in [4.78, 5) is 31.9. The van der Waals surface area contributed by atoms with Crippen LogP contribution in [0.25, 0.3) is 0 Å². The maximum atomic E-state index is 10.8. The summed E-state index contributed by atoms with van der Waals surface area (Å²) in [6.07, 6.45) is -0.577. The lowest BCUT2D eigenvalue weighted by atomic mass is 10.2. The zero-order chi connectivity index (χ0) is 11.1. The molecule has 1 amide bonds. The van der Waals surface area contributed by atoms with Gasteiger partial charge in [-0.1, -0.05) is 0 Å². The van der Waals surface area contributed by atoms with Gasteiger partial charge in [0.15, 0.2) is 6.35 Å². The van der Waals surface area contributed by atoms with Gasteiger partial charge < -0.3 is 20.4 Å². The van der Waals surface area contributed by atoms with E-state index >= 15 is 0 Å². The molecule has 7 heteroatoms. The predicted molar refractivity (Wildman–Crippen MR) is 49.9 cm³/mol. The lowest BCUT2D eigenvalue weighted by Crippen LogP contribution is -2.39. The van der Waals surface area contributed by atoms with Gasteiger partial charge in [-0.3, -0.25) is 4.79 Å².